The highest BCUT2D eigenvalue weighted by molar-refractivity contribution is 6.00. The first-order valence-corrected chi connectivity index (χ1v) is 6.39. The van der Waals surface area contributed by atoms with E-state index in [2.05, 4.69) is 6.92 Å². The summed E-state index contributed by atoms with van der Waals surface area (Å²) in [6.45, 7) is 5.86. The maximum Gasteiger partial charge on any atom is 0.256 e. The molecule has 0 aromatic heterocycles. The Bertz CT molecular complexity index is 445. The van der Waals surface area contributed by atoms with E-state index in [1.807, 2.05) is 24.0 Å². The van der Waals surface area contributed by atoms with Gasteiger partial charge in [-0.15, -0.1) is 0 Å². The predicted octanol–water partition coefficient (Wildman–Crippen LogP) is 1.83. The molecule has 1 fully saturated rings. The number of nitrogen functional groups attached to an aromatic ring is 1. The third-order valence-electron chi connectivity index (χ3n) is 3.51. The van der Waals surface area contributed by atoms with E-state index in [1.54, 1.807) is 6.07 Å². The van der Waals surface area contributed by atoms with Gasteiger partial charge in [-0.2, -0.15) is 0 Å². The summed E-state index contributed by atoms with van der Waals surface area (Å²) >= 11 is 0. The van der Waals surface area contributed by atoms with Crippen LogP contribution in [0.3, 0.4) is 0 Å². The summed E-state index contributed by atoms with van der Waals surface area (Å²) in [6, 6.07) is 5.75. The molecular formula is C14H20N2O2. The van der Waals surface area contributed by atoms with Gasteiger partial charge in [0, 0.05) is 12.2 Å². The summed E-state index contributed by atoms with van der Waals surface area (Å²) in [5, 5.41) is 0. The number of carbonyl (C=O) groups is 1. The summed E-state index contributed by atoms with van der Waals surface area (Å²) in [7, 11) is 0. The van der Waals surface area contributed by atoms with Gasteiger partial charge in [0.15, 0.2) is 0 Å². The number of para-hydroxylation sites is 1. The Morgan fingerprint density at radius 1 is 1.56 bits per heavy atom. The van der Waals surface area contributed by atoms with Crippen LogP contribution in [-0.2, 0) is 4.74 Å². The van der Waals surface area contributed by atoms with Crippen LogP contribution in [0.5, 0.6) is 0 Å². The van der Waals surface area contributed by atoms with Gasteiger partial charge in [-0.3, -0.25) is 4.79 Å². The van der Waals surface area contributed by atoms with Crippen molar-refractivity contribution in [3.05, 3.63) is 29.3 Å². The van der Waals surface area contributed by atoms with Crippen molar-refractivity contribution in [2.24, 2.45) is 0 Å². The van der Waals surface area contributed by atoms with Gasteiger partial charge < -0.3 is 15.4 Å². The van der Waals surface area contributed by atoms with Crippen molar-refractivity contribution in [3.63, 3.8) is 0 Å². The van der Waals surface area contributed by atoms with Crippen LogP contribution in [0.4, 0.5) is 5.69 Å². The van der Waals surface area contributed by atoms with Crippen LogP contribution in [0.2, 0.25) is 0 Å². The normalized spacial score (nSPS) is 19.9. The van der Waals surface area contributed by atoms with Crippen LogP contribution in [0.15, 0.2) is 18.2 Å². The van der Waals surface area contributed by atoms with E-state index >= 15 is 0 Å². The largest absolute Gasteiger partial charge is 0.398 e. The molecule has 0 aliphatic carbocycles. The number of anilines is 1. The molecule has 1 heterocycles. The quantitative estimate of drug-likeness (QED) is 0.812. The molecule has 18 heavy (non-hydrogen) atoms. The third-order valence-corrected chi connectivity index (χ3v) is 3.51. The molecule has 2 rings (SSSR count). The van der Waals surface area contributed by atoms with Gasteiger partial charge in [0.2, 0.25) is 0 Å². The average Bonchev–Trinajstić information content (AvgIpc) is 2.41. The molecule has 1 amide bonds. The molecule has 1 atom stereocenters. The Balaban J connectivity index is 2.27. The summed E-state index contributed by atoms with van der Waals surface area (Å²) < 4.78 is 5.42. The molecular weight excluding hydrogens is 228 g/mol. The van der Waals surface area contributed by atoms with Crippen LogP contribution in [0.25, 0.3) is 0 Å². The molecule has 1 saturated heterocycles. The van der Waals surface area contributed by atoms with Crippen LogP contribution >= 0.6 is 0 Å². The highest BCUT2D eigenvalue weighted by atomic mass is 16.5. The predicted molar refractivity (Wildman–Crippen MR) is 71.5 cm³/mol. The van der Waals surface area contributed by atoms with Gasteiger partial charge in [-0.1, -0.05) is 19.1 Å². The first kappa shape index (κ1) is 12.9. The second kappa shape index (κ2) is 5.40. The molecule has 0 spiro atoms. The monoisotopic (exact) mass is 248 g/mol. The second-order valence-corrected chi connectivity index (χ2v) is 4.67. The Labute approximate surface area is 108 Å². The third kappa shape index (κ3) is 2.34. The molecule has 1 aromatic rings. The number of nitrogens with zero attached hydrogens (tertiary/aromatic N) is 1. The number of carbonyl (C=O) groups excluding carboxylic acids is 1. The zero-order chi connectivity index (χ0) is 13.1. The molecule has 1 aliphatic rings. The second-order valence-electron chi connectivity index (χ2n) is 4.67. The topological polar surface area (TPSA) is 55.6 Å². The zero-order valence-corrected chi connectivity index (χ0v) is 11.0. The lowest BCUT2D eigenvalue weighted by Gasteiger charge is -2.35. The van der Waals surface area contributed by atoms with Crippen molar-refractivity contribution in [3.8, 4) is 0 Å². The van der Waals surface area contributed by atoms with Gasteiger partial charge in [0.1, 0.15) is 0 Å². The number of ether oxygens (including phenoxy) is 1. The number of morpholine rings is 1. The van der Waals surface area contributed by atoms with E-state index in [4.69, 9.17) is 10.5 Å². The van der Waals surface area contributed by atoms with Gasteiger partial charge in [-0.05, 0) is 25.0 Å². The molecule has 4 heteroatoms. The first-order valence-electron chi connectivity index (χ1n) is 6.39. The standard InChI is InChI=1S/C14H20N2O2/c1-3-11-9-18-8-7-16(11)14(17)12-6-4-5-10(2)13(12)15/h4-6,11H,3,7-9,15H2,1-2H3. The molecule has 1 unspecified atom stereocenters. The van der Waals surface area contributed by atoms with Gasteiger partial charge in [-0.25, -0.2) is 0 Å². The number of nitrogens with two attached hydrogens (primary N) is 1. The number of hydrogen-bond acceptors (Lipinski definition) is 3. The maximum absolute atomic E-state index is 12.5. The lowest BCUT2D eigenvalue weighted by atomic mass is 10.1. The van der Waals surface area contributed by atoms with Crippen LogP contribution < -0.4 is 5.73 Å². The molecule has 2 N–H and O–H groups in total. The van der Waals surface area contributed by atoms with Crippen molar-refractivity contribution in [2.45, 2.75) is 26.3 Å². The minimum atomic E-state index is 0.0198. The summed E-state index contributed by atoms with van der Waals surface area (Å²) in [5.41, 5.74) is 8.14. The Morgan fingerprint density at radius 3 is 3.06 bits per heavy atom. The van der Waals surface area contributed by atoms with Crippen molar-refractivity contribution in [1.82, 2.24) is 4.90 Å². The maximum atomic E-state index is 12.5. The number of rotatable bonds is 2. The van der Waals surface area contributed by atoms with Crippen LogP contribution in [0, 0.1) is 6.92 Å². The highest BCUT2D eigenvalue weighted by Crippen LogP contribution is 2.21. The highest BCUT2D eigenvalue weighted by Gasteiger charge is 2.27. The van der Waals surface area contributed by atoms with Crippen LogP contribution in [0.1, 0.15) is 29.3 Å². The van der Waals surface area contributed by atoms with Gasteiger partial charge in [0.05, 0.1) is 24.8 Å². The van der Waals surface area contributed by atoms with Gasteiger partial charge in [0.25, 0.3) is 5.91 Å². The molecule has 0 saturated carbocycles. The zero-order valence-electron chi connectivity index (χ0n) is 11.0. The SMILES string of the molecule is CCC1COCCN1C(=O)c1cccc(C)c1N. The van der Waals surface area contributed by atoms with Crippen LogP contribution in [-0.4, -0.2) is 36.6 Å². The molecule has 98 valence electrons. The minimum absolute atomic E-state index is 0.0198. The fourth-order valence-corrected chi connectivity index (χ4v) is 2.28. The molecule has 1 aliphatic heterocycles. The fraction of sp³-hybridized carbons (Fsp3) is 0.500. The molecule has 4 nitrogen and oxygen atoms in total. The average molecular weight is 248 g/mol. The van der Waals surface area contributed by atoms with Crippen molar-refractivity contribution >= 4 is 11.6 Å². The molecule has 1 aromatic carbocycles. The summed E-state index contributed by atoms with van der Waals surface area (Å²) in [4.78, 5) is 14.4. The van der Waals surface area contributed by atoms with E-state index in [1.165, 1.54) is 0 Å². The fourth-order valence-electron chi connectivity index (χ4n) is 2.28. The number of hydrogen-bond donors (Lipinski definition) is 1. The lowest BCUT2D eigenvalue weighted by molar-refractivity contribution is -0.00274. The van der Waals surface area contributed by atoms with E-state index in [0.717, 1.165) is 12.0 Å². The summed E-state index contributed by atoms with van der Waals surface area (Å²) in [5.74, 6) is 0.0198. The van der Waals surface area contributed by atoms with Crippen molar-refractivity contribution < 1.29 is 9.53 Å². The first-order chi connectivity index (χ1) is 8.65. The lowest BCUT2D eigenvalue weighted by Crippen LogP contribution is -2.48. The van der Waals surface area contributed by atoms with E-state index in [9.17, 15) is 4.79 Å². The van der Waals surface area contributed by atoms with Gasteiger partial charge >= 0.3 is 0 Å². The van der Waals surface area contributed by atoms with E-state index < -0.39 is 0 Å². The Kier molecular flexibility index (Phi) is 3.87. The van der Waals surface area contributed by atoms with Crippen molar-refractivity contribution in [1.29, 1.82) is 0 Å². The smallest absolute Gasteiger partial charge is 0.256 e. The Morgan fingerprint density at radius 2 is 2.33 bits per heavy atom. The van der Waals surface area contributed by atoms with Crippen molar-refractivity contribution in [2.75, 3.05) is 25.5 Å². The summed E-state index contributed by atoms with van der Waals surface area (Å²) in [6.07, 6.45) is 0.900. The number of amides is 1. The molecule has 0 radical (unpaired) electrons. The number of benzene rings is 1. The number of aryl methyl sites for hydroxylation is 1. The minimum Gasteiger partial charge on any atom is -0.398 e. The van der Waals surface area contributed by atoms with E-state index in [-0.39, 0.29) is 11.9 Å². The Hall–Kier alpha value is -1.55. The molecule has 0 bridgehead atoms. The van der Waals surface area contributed by atoms with E-state index in [0.29, 0.717) is 31.0 Å².